The SMILES string of the molecule is C=CCOC(=O)N[C@@H](CCC)/C(=N\NC(=O)NCCc1ccc(OCC(=O)NCC)cc1)C(=O)NC1CC1. The van der Waals surface area contributed by atoms with Crippen molar-refractivity contribution in [3.8, 4) is 5.75 Å². The van der Waals surface area contributed by atoms with Gasteiger partial charge >= 0.3 is 12.1 Å². The molecule has 12 nitrogen and oxygen atoms in total. The Kier molecular flexibility index (Phi) is 13.2. The van der Waals surface area contributed by atoms with Crippen molar-refractivity contribution in [2.45, 2.75) is 58.0 Å². The number of carbonyl (C=O) groups is 4. The van der Waals surface area contributed by atoms with Crippen LogP contribution in [-0.2, 0) is 20.7 Å². The van der Waals surface area contributed by atoms with Gasteiger partial charge in [-0.2, -0.15) is 5.10 Å². The van der Waals surface area contributed by atoms with Crippen molar-refractivity contribution in [3.05, 3.63) is 42.5 Å². The van der Waals surface area contributed by atoms with Gasteiger partial charge in [0.2, 0.25) is 0 Å². The molecule has 1 saturated carbocycles. The van der Waals surface area contributed by atoms with Crippen molar-refractivity contribution >= 4 is 29.7 Å². The highest BCUT2D eigenvalue weighted by molar-refractivity contribution is 6.41. The number of urea groups is 1. The van der Waals surface area contributed by atoms with Crippen LogP contribution in [0.3, 0.4) is 0 Å². The van der Waals surface area contributed by atoms with E-state index in [9.17, 15) is 19.2 Å². The molecular weight excluding hydrogens is 492 g/mol. The number of hydrogen-bond acceptors (Lipinski definition) is 7. The standard InChI is InChI=1S/C26H38N6O6/c1-4-7-21(30-26(36)37-16-5-2)23(24(34)29-19-10-11-19)31-32-25(35)28-15-14-18-8-12-20(13-9-18)38-17-22(33)27-6-3/h5,8-9,12-13,19,21H,2,4,6-7,10-11,14-17H2,1,3H3,(H,27,33)(H,29,34)(H,30,36)(H2,28,32,35)/b31-23+/t21-/m0/s1. The van der Waals surface area contributed by atoms with E-state index in [0.29, 0.717) is 38.1 Å². The first-order valence-electron chi connectivity index (χ1n) is 12.8. The van der Waals surface area contributed by atoms with Crippen LogP contribution in [0.5, 0.6) is 5.75 Å². The summed E-state index contributed by atoms with van der Waals surface area (Å²) < 4.78 is 10.4. The number of rotatable bonds is 16. The van der Waals surface area contributed by atoms with Crippen molar-refractivity contribution in [1.29, 1.82) is 0 Å². The minimum atomic E-state index is -0.745. The van der Waals surface area contributed by atoms with Gasteiger partial charge in [-0.1, -0.05) is 38.1 Å². The van der Waals surface area contributed by atoms with Gasteiger partial charge in [-0.15, -0.1) is 0 Å². The predicted molar refractivity (Wildman–Crippen MR) is 143 cm³/mol. The normalized spacial score (nSPS) is 13.5. The van der Waals surface area contributed by atoms with Crippen molar-refractivity contribution in [1.82, 2.24) is 26.7 Å². The summed E-state index contributed by atoms with van der Waals surface area (Å²) in [5.41, 5.74) is 3.30. The maximum absolute atomic E-state index is 12.8. The van der Waals surface area contributed by atoms with Gasteiger partial charge in [0.25, 0.3) is 11.8 Å². The molecule has 2 rings (SSSR count). The number of alkyl carbamates (subject to hydrolysis) is 1. The van der Waals surface area contributed by atoms with Crippen molar-refractivity contribution in [2.24, 2.45) is 5.10 Å². The number of benzene rings is 1. The fourth-order valence-corrected chi connectivity index (χ4v) is 3.28. The van der Waals surface area contributed by atoms with Crippen LogP contribution in [0.4, 0.5) is 9.59 Å². The van der Waals surface area contributed by atoms with Crippen LogP contribution < -0.4 is 31.4 Å². The highest BCUT2D eigenvalue weighted by Crippen LogP contribution is 2.18. The zero-order valence-electron chi connectivity index (χ0n) is 22.0. The Morgan fingerprint density at radius 2 is 1.87 bits per heavy atom. The molecule has 0 aliphatic heterocycles. The van der Waals surface area contributed by atoms with E-state index < -0.39 is 24.1 Å². The second-order valence-corrected chi connectivity index (χ2v) is 8.62. The topological polar surface area (TPSA) is 159 Å². The summed E-state index contributed by atoms with van der Waals surface area (Å²) in [7, 11) is 0. The summed E-state index contributed by atoms with van der Waals surface area (Å²) in [6.45, 7) is 8.07. The zero-order chi connectivity index (χ0) is 27.8. The predicted octanol–water partition coefficient (Wildman–Crippen LogP) is 1.76. The highest BCUT2D eigenvalue weighted by atomic mass is 16.5. The molecule has 1 atom stereocenters. The molecule has 0 heterocycles. The molecule has 5 amide bonds. The Morgan fingerprint density at radius 1 is 1.13 bits per heavy atom. The molecule has 208 valence electrons. The third kappa shape index (κ3) is 11.8. The smallest absolute Gasteiger partial charge is 0.407 e. The first-order chi connectivity index (χ1) is 18.4. The number of hydrogen-bond donors (Lipinski definition) is 5. The molecule has 0 bridgehead atoms. The lowest BCUT2D eigenvalue weighted by Gasteiger charge is -2.19. The maximum atomic E-state index is 12.8. The van der Waals surface area contributed by atoms with Crippen LogP contribution >= 0.6 is 0 Å². The average molecular weight is 531 g/mol. The van der Waals surface area contributed by atoms with Gasteiger partial charge in [-0.25, -0.2) is 15.0 Å². The van der Waals surface area contributed by atoms with Crippen molar-refractivity contribution < 1.29 is 28.7 Å². The van der Waals surface area contributed by atoms with Crippen LogP contribution in [0, 0.1) is 0 Å². The lowest BCUT2D eigenvalue weighted by molar-refractivity contribution is -0.123. The van der Waals surface area contributed by atoms with E-state index in [2.05, 4.69) is 38.4 Å². The third-order valence-corrected chi connectivity index (χ3v) is 5.32. The minimum Gasteiger partial charge on any atom is -0.484 e. The van der Waals surface area contributed by atoms with Gasteiger partial charge in [-0.3, -0.25) is 9.59 Å². The summed E-state index contributed by atoms with van der Waals surface area (Å²) in [6, 6.07) is 5.93. The van der Waals surface area contributed by atoms with Crippen LogP contribution in [-0.4, -0.2) is 68.0 Å². The van der Waals surface area contributed by atoms with E-state index in [0.717, 1.165) is 18.4 Å². The molecule has 0 radical (unpaired) electrons. The monoisotopic (exact) mass is 530 g/mol. The molecule has 1 aromatic rings. The molecule has 38 heavy (non-hydrogen) atoms. The number of likely N-dealkylation sites (N-methyl/N-ethyl adjacent to an activating group) is 1. The lowest BCUT2D eigenvalue weighted by atomic mass is 10.1. The largest absolute Gasteiger partial charge is 0.484 e. The van der Waals surface area contributed by atoms with E-state index in [4.69, 9.17) is 9.47 Å². The Morgan fingerprint density at radius 3 is 2.50 bits per heavy atom. The Labute approximate surface area is 223 Å². The van der Waals surface area contributed by atoms with Gasteiger partial charge in [-0.05, 0) is 50.3 Å². The lowest BCUT2D eigenvalue weighted by Crippen LogP contribution is -2.49. The molecule has 1 aliphatic carbocycles. The number of ether oxygens (including phenoxy) is 2. The van der Waals surface area contributed by atoms with Crippen LogP contribution in [0.15, 0.2) is 42.0 Å². The highest BCUT2D eigenvalue weighted by Gasteiger charge is 2.30. The second-order valence-electron chi connectivity index (χ2n) is 8.62. The number of carbonyl (C=O) groups excluding carboxylic acids is 4. The molecule has 5 N–H and O–H groups in total. The summed E-state index contributed by atoms with van der Waals surface area (Å²) in [5.74, 6) is -0.0718. The first-order valence-corrected chi connectivity index (χ1v) is 12.8. The maximum Gasteiger partial charge on any atom is 0.407 e. The molecule has 1 fully saturated rings. The molecule has 12 heteroatoms. The van der Waals surface area contributed by atoms with Crippen molar-refractivity contribution in [3.63, 3.8) is 0 Å². The fourth-order valence-electron chi connectivity index (χ4n) is 3.28. The molecule has 0 aromatic heterocycles. The van der Waals surface area contributed by atoms with Gasteiger partial charge < -0.3 is 30.7 Å². The first kappa shape index (κ1) is 30.1. The third-order valence-electron chi connectivity index (χ3n) is 5.32. The molecule has 1 aliphatic rings. The Hall–Kier alpha value is -4.09. The van der Waals surface area contributed by atoms with Crippen LogP contribution in [0.2, 0.25) is 0 Å². The van der Waals surface area contributed by atoms with E-state index in [1.165, 1.54) is 6.08 Å². The van der Waals surface area contributed by atoms with Gasteiger partial charge in [0.15, 0.2) is 6.61 Å². The average Bonchev–Trinajstić information content (AvgIpc) is 3.71. The Bertz CT molecular complexity index is 977. The van der Waals surface area contributed by atoms with Crippen molar-refractivity contribution in [2.75, 3.05) is 26.3 Å². The number of nitrogens with one attached hydrogen (secondary N) is 5. The van der Waals surface area contributed by atoms with Crippen LogP contribution in [0.25, 0.3) is 0 Å². The van der Waals surface area contributed by atoms with E-state index in [-0.39, 0.29) is 30.9 Å². The van der Waals surface area contributed by atoms with E-state index in [1.54, 1.807) is 12.1 Å². The number of hydrazone groups is 1. The second kappa shape index (κ2) is 16.6. The van der Waals surface area contributed by atoms with E-state index >= 15 is 0 Å². The molecule has 0 spiro atoms. The summed E-state index contributed by atoms with van der Waals surface area (Å²) in [4.78, 5) is 48.7. The Balaban J connectivity index is 1.90. The minimum absolute atomic E-state index is 0.00680. The van der Waals surface area contributed by atoms with Gasteiger partial charge in [0, 0.05) is 19.1 Å². The molecule has 0 saturated heterocycles. The number of nitrogens with zero attached hydrogens (tertiary/aromatic N) is 1. The molecular formula is C26H38N6O6. The molecule has 1 aromatic carbocycles. The summed E-state index contributed by atoms with van der Waals surface area (Å²) >= 11 is 0. The fraction of sp³-hybridized carbons (Fsp3) is 0.500. The molecule has 0 unspecified atom stereocenters. The number of amides is 5. The summed E-state index contributed by atoms with van der Waals surface area (Å²) in [6.07, 6.45) is 4.10. The zero-order valence-corrected chi connectivity index (χ0v) is 22.0. The van der Waals surface area contributed by atoms with Gasteiger partial charge in [0.1, 0.15) is 18.1 Å². The van der Waals surface area contributed by atoms with Crippen LogP contribution in [0.1, 0.15) is 45.1 Å². The quantitative estimate of drug-likeness (QED) is 0.124. The summed E-state index contributed by atoms with van der Waals surface area (Å²) in [5, 5.41) is 14.9. The van der Waals surface area contributed by atoms with Gasteiger partial charge in [0.05, 0.1) is 6.04 Å². The van der Waals surface area contributed by atoms with E-state index in [1.807, 2.05) is 26.0 Å².